The van der Waals surface area contributed by atoms with Crippen molar-refractivity contribution in [2.75, 3.05) is 6.54 Å². The lowest BCUT2D eigenvalue weighted by Crippen LogP contribution is -2.36. The summed E-state index contributed by atoms with van der Waals surface area (Å²) >= 11 is 0. The molecule has 0 fully saturated rings. The molecular formula is C17H17FN4O. The molecule has 0 aliphatic carbocycles. The van der Waals surface area contributed by atoms with Gasteiger partial charge in [-0.15, -0.1) is 0 Å². The van der Waals surface area contributed by atoms with Gasteiger partial charge in [0, 0.05) is 13.1 Å². The maximum atomic E-state index is 13.1. The van der Waals surface area contributed by atoms with Crippen LogP contribution in [0.1, 0.15) is 11.1 Å². The average Bonchev–Trinajstić information content (AvgIpc) is 2.54. The highest BCUT2D eigenvalue weighted by Crippen LogP contribution is 2.30. The third kappa shape index (κ3) is 3.15. The van der Waals surface area contributed by atoms with Crippen LogP contribution >= 0.6 is 0 Å². The molecule has 1 aliphatic rings. The fraction of sp³-hybridized carbons (Fsp3) is 0.176. The first-order valence-corrected chi connectivity index (χ1v) is 7.30. The lowest BCUT2D eigenvalue weighted by atomic mass is 9.91. The lowest BCUT2D eigenvalue weighted by Gasteiger charge is -2.29. The van der Waals surface area contributed by atoms with E-state index in [1.54, 1.807) is 17.0 Å². The highest BCUT2D eigenvalue weighted by atomic mass is 19.1. The van der Waals surface area contributed by atoms with Crippen LogP contribution in [-0.4, -0.2) is 23.4 Å². The van der Waals surface area contributed by atoms with Gasteiger partial charge in [0.05, 0.1) is 0 Å². The predicted octanol–water partition coefficient (Wildman–Crippen LogP) is 2.24. The fourth-order valence-electron chi connectivity index (χ4n) is 2.83. The second kappa shape index (κ2) is 6.08. The van der Waals surface area contributed by atoms with E-state index in [4.69, 9.17) is 11.5 Å². The molecular weight excluding hydrogens is 295 g/mol. The van der Waals surface area contributed by atoms with Crippen LogP contribution in [0.2, 0.25) is 0 Å². The Labute approximate surface area is 133 Å². The maximum absolute atomic E-state index is 13.1. The van der Waals surface area contributed by atoms with Gasteiger partial charge in [0.1, 0.15) is 5.82 Å². The van der Waals surface area contributed by atoms with Crippen molar-refractivity contribution < 1.29 is 9.18 Å². The summed E-state index contributed by atoms with van der Waals surface area (Å²) in [6.07, 6.45) is 0.732. The fourth-order valence-corrected chi connectivity index (χ4v) is 2.83. The zero-order valence-electron chi connectivity index (χ0n) is 12.5. The highest BCUT2D eigenvalue weighted by molar-refractivity contribution is 5.90. The molecule has 0 atom stereocenters. The van der Waals surface area contributed by atoms with Gasteiger partial charge < -0.3 is 16.4 Å². The Morgan fingerprint density at radius 2 is 1.87 bits per heavy atom. The molecule has 2 aromatic rings. The van der Waals surface area contributed by atoms with Crippen molar-refractivity contribution in [2.24, 2.45) is 16.5 Å². The molecule has 0 radical (unpaired) electrons. The van der Waals surface area contributed by atoms with Crippen molar-refractivity contribution in [3.8, 4) is 11.1 Å². The average molecular weight is 312 g/mol. The smallest absolute Gasteiger partial charge is 0.347 e. The zero-order chi connectivity index (χ0) is 16.4. The molecule has 5 nitrogen and oxygen atoms in total. The summed E-state index contributed by atoms with van der Waals surface area (Å²) in [5.41, 5.74) is 14.7. The third-order valence-corrected chi connectivity index (χ3v) is 3.92. The Morgan fingerprint density at radius 1 is 1.13 bits per heavy atom. The van der Waals surface area contributed by atoms with E-state index >= 15 is 0 Å². The Morgan fingerprint density at radius 3 is 2.57 bits per heavy atom. The number of nitrogens with zero attached hydrogens (tertiary/aromatic N) is 2. The molecule has 4 N–H and O–H groups in total. The summed E-state index contributed by atoms with van der Waals surface area (Å²) in [7, 11) is 0. The number of guanidine groups is 1. The number of urea groups is 1. The molecule has 0 saturated carbocycles. The van der Waals surface area contributed by atoms with Crippen LogP contribution < -0.4 is 11.5 Å². The van der Waals surface area contributed by atoms with Crippen molar-refractivity contribution in [2.45, 2.75) is 13.0 Å². The number of aliphatic imine (C=N–C) groups is 1. The summed E-state index contributed by atoms with van der Waals surface area (Å²) in [6, 6.07) is 11.9. The number of hydrogen-bond acceptors (Lipinski definition) is 1. The molecule has 2 aromatic carbocycles. The van der Waals surface area contributed by atoms with Gasteiger partial charge in [-0.2, -0.15) is 4.99 Å². The first kappa shape index (κ1) is 15.0. The van der Waals surface area contributed by atoms with Crippen molar-refractivity contribution in [1.82, 2.24) is 4.90 Å². The van der Waals surface area contributed by atoms with Crippen molar-refractivity contribution in [3.63, 3.8) is 0 Å². The topological polar surface area (TPSA) is 84.7 Å². The van der Waals surface area contributed by atoms with E-state index in [-0.39, 0.29) is 11.8 Å². The van der Waals surface area contributed by atoms with Gasteiger partial charge in [-0.3, -0.25) is 0 Å². The Kier molecular flexibility index (Phi) is 3.97. The standard InChI is InChI=1S/C17H17FN4O/c18-13-6-4-12(5-7-13)14-3-1-2-11-8-9-22(10-15(11)14)17(23)21-16(19)20/h1-7H,8-10H2,(H4,19,20,21,23). The number of nitrogens with two attached hydrogens (primary N) is 2. The molecule has 1 aliphatic heterocycles. The highest BCUT2D eigenvalue weighted by Gasteiger charge is 2.23. The molecule has 0 saturated heterocycles. The molecule has 0 spiro atoms. The molecule has 1 heterocycles. The first-order chi connectivity index (χ1) is 11.0. The van der Waals surface area contributed by atoms with Crippen LogP contribution in [0.4, 0.5) is 9.18 Å². The number of carbonyl (C=O) groups excluding carboxylic acids is 1. The van der Waals surface area contributed by atoms with Gasteiger partial charge >= 0.3 is 6.03 Å². The summed E-state index contributed by atoms with van der Waals surface area (Å²) in [6.45, 7) is 0.994. The maximum Gasteiger partial charge on any atom is 0.347 e. The number of halogens is 1. The minimum atomic E-state index is -0.440. The molecule has 0 aromatic heterocycles. The molecule has 3 rings (SSSR count). The van der Waals surface area contributed by atoms with Gasteiger partial charge in [-0.25, -0.2) is 9.18 Å². The minimum Gasteiger partial charge on any atom is -0.370 e. The van der Waals surface area contributed by atoms with Crippen LogP contribution in [0.15, 0.2) is 47.5 Å². The number of amides is 2. The number of benzene rings is 2. The molecule has 0 bridgehead atoms. The van der Waals surface area contributed by atoms with E-state index in [9.17, 15) is 9.18 Å². The second-order valence-electron chi connectivity index (χ2n) is 5.44. The van der Waals surface area contributed by atoms with Crippen LogP contribution in [0, 0.1) is 5.82 Å². The van der Waals surface area contributed by atoms with E-state index in [0.29, 0.717) is 13.1 Å². The van der Waals surface area contributed by atoms with Crippen LogP contribution in [-0.2, 0) is 13.0 Å². The van der Waals surface area contributed by atoms with Crippen LogP contribution in [0.5, 0.6) is 0 Å². The van der Waals surface area contributed by atoms with Crippen LogP contribution in [0.3, 0.4) is 0 Å². The van der Waals surface area contributed by atoms with E-state index in [1.165, 1.54) is 17.7 Å². The molecule has 0 unspecified atom stereocenters. The monoisotopic (exact) mass is 312 g/mol. The lowest BCUT2D eigenvalue weighted by molar-refractivity contribution is 0.203. The Balaban J connectivity index is 1.96. The van der Waals surface area contributed by atoms with E-state index in [2.05, 4.69) is 4.99 Å². The third-order valence-electron chi connectivity index (χ3n) is 3.92. The number of rotatable bonds is 1. The second-order valence-corrected chi connectivity index (χ2v) is 5.44. The van der Waals surface area contributed by atoms with E-state index < -0.39 is 6.03 Å². The van der Waals surface area contributed by atoms with Gasteiger partial charge in [-0.1, -0.05) is 30.3 Å². The molecule has 23 heavy (non-hydrogen) atoms. The Bertz CT molecular complexity index is 767. The van der Waals surface area contributed by atoms with Gasteiger partial charge in [-0.05, 0) is 40.8 Å². The largest absolute Gasteiger partial charge is 0.370 e. The summed E-state index contributed by atoms with van der Waals surface area (Å²) in [4.78, 5) is 17.2. The first-order valence-electron chi connectivity index (χ1n) is 7.30. The van der Waals surface area contributed by atoms with Gasteiger partial charge in [0.15, 0.2) is 5.96 Å². The number of fused-ring (bicyclic) bond motifs is 1. The predicted molar refractivity (Wildman–Crippen MR) is 87.2 cm³/mol. The minimum absolute atomic E-state index is 0.243. The summed E-state index contributed by atoms with van der Waals surface area (Å²) in [5, 5.41) is 0. The number of carbonyl (C=O) groups is 1. The van der Waals surface area contributed by atoms with Crippen molar-refractivity contribution in [1.29, 1.82) is 0 Å². The summed E-state index contributed by atoms with van der Waals surface area (Å²) < 4.78 is 13.1. The normalized spacial score (nSPS) is 13.3. The molecule has 2 amide bonds. The van der Waals surface area contributed by atoms with Gasteiger partial charge in [0.2, 0.25) is 0 Å². The van der Waals surface area contributed by atoms with Crippen molar-refractivity contribution in [3.05, 3.63) is 59.4 Å². The van der Waals surface area contributed by atoms with E-state index in [0.717, 1.165) is 23.1 Å². The molecule has 6 heteroatoms. The zero-order valence-corrected chi connectivity index (χ0v) is 12.5. The number of hydrogen-bond donors (Lipinski definition) is 2. The van der Waals surface area contributed by atoms with Gasteiger partial charge in [0.25, 0.3) is 0 Å². The molecule has 118 valence electrons. The summed E-state index contributed by atoms with van der Waals surface area (Å²) in [5.74, 6) is -0.518. The SMILES string of the molecule is NC(N)=NC(=O)N1CCc2cccc(-c3ccc(F)cc3)c2C1. The quantitative estimate of drug-likeness (QED) is 0.625. The van der Waals surface area contributed by atoms with Crippen LogP contribution in [0.25, 0.3) is 11.1 Å². The Hall–Kier alpha value is -2.89. The van der Waals surface area contributed by atoms with E-state index in [1.807, 2.05) is 18.2 Å². The van der Waals surface area contributed by atoms with Crippen molar-refractivity contribution >= 4 is 12.0 Å².